The largest absolute Gasteiger partial charge is 0.497 e. The number of amides is 1. The van der Waals surface area contributed by atoms with E-state index in [1.165, 1.54) is 11.8 Å². The van der Waals surface area contributed by atoms with Gasteiger partial charge in [-0.1, -0.05) is 43.0 Å². The fourth-order valence-corrected chi connectivity index (χ4v) is 4.60. The van der Waals surface area contributed by atoms with Crippen molar-refractivity contribution >= 4 is 23.4 Å². The van der Waals surface area contributed by atoms with Crippen LogP contribution in [0.3, 0.4) is 0 Å². The predicted molar refractivity (Wildman–Crippen MR) is 120 cm³/mol. The molecule has 162 valence electrons. The standard InChI is InChI=1S/C22H25N5O3S/c1-4-7-18-24-25-22-27(18)26-19(14-10-12-15(29-2)13-11-14)20(31-22)21(28)23-16-8-5-6-9-17(16)30-3/h5-6,8-13,19-20,26H,4,7H2,1-3H3,(H,23,28)/t19-,20-/m1/s1. The number of hydrogen-bond donors (Lipinski definition) is 2. The number of nitrogens with one attached hydrogen (secondary N) is 2. The number of thioether (sulfide) groups is 1. The molecular weight excluding hydrogens is 414 g/mol. The number of ether oxygens (including phenoxy) is 2. The van der Waals surface area contributed by atoms with Crippen LogP contribution in [-0.2, 0) is 11.2 Å². The lowest BCUT2D eigenvalue weighted by atomic mass is 10.0. The predicted octanol–water partition coefficient (Wildman–Crippen LogP) is 3.65. The van der Waals surface area contributed by atoms with Gasteiger partial charge in [0.15, 0.2) is 5.82 Å². The maximum absolute atomic E-state index is 13.4. The van der Waals surface area contributed by atoms with E-state index in [0.717, 1.165) is 30.0 Å². The molecule has 4 rings (SSSR count). The summed E-state index contributed by atoms with van der Waals surface area (Å²) in [6, 6.07) is 14.8. The van der Waals surface area contributed by atoms with Crippen LogP contribution >= 0.6 is 11.8 Å². The van der Waals surface area contributed by atoms with Gasteiger partial charge in [-0.2, -0.15) is 0 Å². The van der Waals surface area contributed by atoms with E-state index in [-0.39, 0.29) is 11.9 Å². The van der Waals surface area contributed by atoms with Crippen molar-refractivity contribution in [1.82, 2.24) is 14.9 Å². The van der Waals surface area contributed by atoms with Crippen LogP contribution in [0.25, 0.3) is 0 Å². The molecule has 0 bridgehead atoms. The third kappa shape index (κ3) is 4.32. The van der Waals surface area contributed by atoms with E-state index in [2.05, 4.69) is 27.9 Å². The van der Waals surface area contributed by atoms with Gasteiger partial charge in [0.2, 0.25) is 11.1 Å². The zero-order chi connectivity index (χ0) is 21.8. The van der Waals surface area contributed by atoms with Gasteiger partial charge in [0.25, 0.3) is 0 Å². The number of para-hydroxylation sites is 2. The lowest BCUT2D eigenvalue weighted by molar-refractivity contribution is -0.116. The number of aryl methyl sites for hydroxylation is 1. The van der Waals surface area contributed by atoms with Crippen LogP contribution in [0.15, 0.2) is 53.7 Å². The Bertz CT molecular complexity index is 1050. The summed E-state index contributed by atoms with van der Waals surface area (Å²) in [5.41, 5.74) is 5.06. The number of carbonyl (C=O) groups is 1. The van der Waals surface area contributed by atoms with Crippen molar-refractivity contribution in [3.05, 3.63) is 59.9 Å². The molecule has 0 spiro atoms. The van der Waals surface area contributed by atoms with E-state index in [4.69, 9.17) is 9.47 Å². The number of anilines is 1. The van der Waals surface area contributed by atoms with Gasteiger partial charge in [0.05, 0.1) is 25.9 Å². The average Bonchev–Trinajstić information content (AvgIpc) is 3.20. The molecule has 2 atom stereocenters. The molecule has 9 heteroatoms. The lowest BCUT2D eigenvalue weighted by Crippen LogP contribution is -2.41. The maximum Gasteiger partial charge on any atom is 0.240 e. The van der Waals surface area contributed by atoms with Gasteiger partial charge in [-0.05, 0) is 36.2 Å². The van der Waals surface area contributed by atoms with Crippen molar-refractivity contribution < 1.29 is 14.3 Å². The van der Waals surface area contributed by atoms with Gasteiger partial charge in [-0.3, -0.25) is 4.79 Å². The Morgan fingerprint density at radius 3 is 2.61 bits per heavy atom. The summed E-state index contributed by atoms with van der Waals surface area (Å²) in [6.45, 7) is 2.10. The molecule has 0 aliphatic carbocycles. The fourth-order valence-electron chi connectivity index (χ4n) is 3.50. The zero-order valence-electron chi connectivity index (χ0n) is 17.7. The second kappa shape index (κ2) is 9.30. The number of carbonyl (C=O) groups excluding carboxylic acids is 1. The molecule has 1 amide bonds. The van der Waals surface area contributed by atoms with E-state index in [1.54, 1.807) is 14.2 Å². The topological polar surface area (TPSA) is 90.3 Å². The molecule has 1 aliphatic rings. The SMILES string of the molecule is CCCc1nnc2n1N[C@H](c1ccc(OC)cc1)[C@H](C(=O)Nc1ccccc1OC)S2. The van der Waals surface area contributed by atoms with Crippen LogP contribution in [0.5, 0.6) is 11.5 Å². The molecule has 3 aromatic rings. The van der Waals surface area contributed by atoms with Crippen LogP contribution in [-0.4, -0.2) is 40.3 Å². The summed E-state index contributed by atoms with van der Waals surface area (Å²) < 4.78 is 12.6. The first kappa shape index (κ1) is 21.0. The van der Waals surface area contributed by atoms with Crippen molar-refractivity contribution in [3.8, 4) is 11.5 Å². The smallest absolute Gasteiger partial charge is 0.240 e. The summed E-state index contributed by atoms with van der Waals surface area (Å²) in [5.74, 6) is 2.08. The van der Waals surface area contributed by atoms with Crippen LogP contribution < -0.4 is 20.2 Å². The number of hydrogen-bond acceptors (Lipinski definition) is 7. The van der Waals surface area contributed by atoms with Crippen molar-refractivity contribution in [2.75, 3.05) is 25.0 Å². The van der Waals surface area contributed by atoms with Gasteiger partial charge in [-0.15, -0.1) is 10.2 Å². The van der Waals surface area contributed by atoms with E-state index >= 15 is 0 Å². The minimum absolute atomic E-state index is 0.144. The number of nitrogens with zero attached hydrogens (tertiary/aromatic N) is 3. The Kier molecular flexibility index (Phi) is 6.31. The highest BCUT2D eigenvalue weighted by Gasteiger charge is 2.38. The lowest BCUT2D eigenvalue weighted by Gasteiger charge is -2.33. The molecule has 0 fully saturated rings. The third-order valence-electron chi connectivity index (χ3n) is 5.08. The van der Waals surface area contributed by atoms with Gasteiger partial charge in [0, 0.05) is 6.42 Å². The fraction of sp³-hybridized carbons (Fsp3) is 0.318. The first-order valence-corrected chi connectivity index (χ1v) is 11.0. The number of aromatic nitrogens is 3. The monoisotopic (exact) mass is 439 g/mol. The summed E-state index contributed by atoms with van der Waals surface area (Å²) in [6.07, 6.45) is 1.75. The molecule has 1 aliphatic heterocycles. The normalized spacial score (nSPS) is 17.4. The molecule has 0 saturated heterocycles. The maximum atomic E-state index is 13.4. The van der Waals surface area contributed by atoms with E-state index in [1.807, 2.05) is 53.2 Å². The van der Waals surface area contributed by atoms with Crippen molar-refractivity contribution in [2.45, 2.75) is 36.2 Å². The Labute approximate surface area is 185 Å². The Morgan fingerprint density at radius 1 is 1.13 bits per heavy atom. The van der Waals surface area contributed by atoms with Gasteiger partial charge < -0.3 is 20.2 Å². The summed E-state index contributed by atoms with van der Waals surface area (Å²) in [5, 5.41) is 11.8. The van der Waals surface area contributed by atoms with E-state index in [0.29, 0.717) is 16.6 Å². The van der Waals surface area contributed by atoms with E-state index in [9.17, 15) is 4.79 Å². The van der Waals surface area contributed by atoms with Crippen molar-refractivity contribution in [3.63, 3.8) is 0 Å². The van der Waals surface area contributed by atoms with Gasteiger partial charge in [-0.25, -0.2) is 4.68 Å². The molecular formula is C22H25N5O3S. The first-order valence-electron chi connectivity index (χ1n) is 10.1. The number of fused-ring (bicyclic) bond motifs is 1. The molecule has 0 saturated carbocycles. The number of rotatable bonds is 7. The van der Waals surface area contributed by atoms with E-state index < -0.39 is 5.25 Å². The summed E-state index contributed by atoms with van der Waals surface area (Å²) >= 11 is 1.40. The molecule has 0 radical (unpaired) electrons. The number of benzene rings is 2. The highest BCUT2D eigenvalue weighted by Crippen LogP contribution is 2.38. The molecule has 31 heavy (non-hydrogen) atoms. The third-order valence-corrected chi connectivity index (χ3v) is 6.29. The second-order valence-electron chi connectivity index (χ2n) is 7.09. The summed E-state index contributed by atoms with van der Waals surface area (Å²) in [7, 11) is 3.22. The van der Waals surface area contributed by atoms with Gasteiger partial charge >= 0.3 is 0 Å². The minimum atomic E-state index is -0.468. The molecule has 2 heterocycles. The highest BCUT2D eigenvalue weighted by atomic mass is 32.2. The Balaban J connectivity index is 1.67. The molecule has 2 aromatic carbocycles. The number of methoxy groups -OCH3 is 2. The highest BCUT2D eigenvalue weighted by molar-refractivity contribution is 8.00. The van der Waals surface area contributed by atoms with Crippen molar-refractivity contribution in [1.29, 1.82) is 0 Å². The molecule has 1 aromatic heterocycles. The quantitative estimate of drug-likeness (QED) is 0.581. The van der Waals surface area contributed by atoms with Crippen LogP contribution in [0.4, 0.5) is 5.69 Å². The molecule has 0 unspecified atom stereocenters. The van der Waals surface area contributed by atoms with Crippen molar-refractivity contribution in [2.24, 2.45) is 0 Å². The van der Waals surface area contributed by atoms with Crippen LogP contribution in [0, 0.1) is 0 Å². The minimum Gasteiger partial charge on any atom is -0.497 e. The van der Waals surface area contributed by atoms with Crippen LogP contribution in [0.2, 0.25) is 0 Å². The second-order valence-corrected chi connectivity index (χ2v) is 8.20. The Morgan fingerprint density at radius 2 is 1.90 bits per heavy atom. The van der Waals surface area contributed by atoms with Crippen LogP contribution in [0.1, 0.15) is 30.8 Å². The zero-order valence-corrected chi connectivity index (χ0v) is 18.5. The average molecular weight is 440 g/mol. The van der Waals surface area contributed by atoms with Gasteiger partial charge in [0.1, 0.15) is 16.7 Å². The molecule has 2 N–H and O–H groups in total. The molecule has 8 nitrogen and oxygen atoms in total. The first-order chi connectivity index (χ1) is 15.1. The summed E-state index contributed by atoms with van der Waals surface area (Å²) in [4.78, 5) is 13.4. The Hall–Kier alpha value is -3.20.